The van der Waals surface area contributed by atoms with Gasteiger partial charge in [-0.1, -0.05) is 30.3 Å². The fourth-order valence-electron chi connectivity index (χ4n) is 6.17. The number of likely N-dealkylation sites (tertiary alicyclic amines) is 1. The Bertz CT molecular complexity index is 1220. The van der Waals surface area contributed by atoms with Gasteiger partial charge in [-0.15, -0.1) is 0 Å². The summed E-state index contributed by atoms with van der Waals surface area (Å²) in [6.07, 6.45) is 5.55. The molecule has 0 amide bonds. The van der Waals surface area contributed by atoms with E-state index in [0.29, 0.717) is 23.6 Å². The fourth-order valence-corrected chi connectivity index (χ4v) is 6.73. The molecule has 1 aliphatic heterocycles. The normalized spacial score (nSPS) is 27.0. The first-order valence-electron chi connectivity index (χ1n) is 11.3. The smallest absolute Gasteiger partial charge is 0.229 e. The lowest BCUT2D eigenvalue weighted by Gasteiger charge is -2.49. The summed E-state index contributed by atoms with van der Waals surface area (Å²) in [6, 6.07) is 16.5. The summed E-state index contributed by atoms with van der Waals surface area (Å²) >= 11 is 0. The third-order valence-electron chi connectivity index (χ3n) is 7.56. The molecular weight excluding hydrogens is 422 g/mol. The van der Waals surface area contributed by atoms with E-state index in [-0.39, 0.29) is 5.60 Å². The van der Waals surface area contributed by atoms with Gasteiger partial charge in [0.2, 0.25) is 10.0 Å². The molecule has 32 heavy (non-hydrogen) atoms. The lowest BCUT2D eigenvalue weighted by Crippen LogP contribution is -2.53. The van der Waals surface area contributed by atoms with Gasteiger partial charge in [-0.25, -0.2) is 8.42 Å². The van der Waals surface area contributed by atoms with Crippen LogP contribution in [-0.2, 0) is 20.4 Å². The van der Waals surface area contributed by atoms with Crippen molar-refractivity contribution in [3.63, 3.8) is 0 Å². The second-order valence-corrected chi connectivity index (χ2v) is 11.1. The van der Waals surface area contributed by atoms with Crippen LogP contribution in [-0.4, -0.2) is 44.8 Å². The van der Waals surface area contributed by atoms with Crippen LogP contribution in [0.1, 0.15) is 36.9 Å². The van der Waals surface area contributed by atoms with Crippen molar-refractivity contribution in [2.24, 2.45) is 11.8 Å². The first-order valence-corrected chi connectivity index (χ1v) is 13.1. The van der Waals surface area contributed by atoms with Gasteiger partial charge in [0.1, 0.15) is 5.60 Å². The van der Waals surface area contributed by atoms with Crippen molar-refractivity contribution in [3.05, 3.63) is 65.9 Å². The number of rotatable bonds is 6. The van der Waals surface area contributed by atoms with Crippen LogP contribution in [0, 0.1) is 11.8 Å². The molecule has 1 saturated carbocycles. The number of para-hydroxylation sites is 1. The minimum absolute atomic E-state index is 0.308. The van der Waals surface area contributed by atoms with Crippen LogP contribution in [0.2, 0.25) is 0 Å². The summed E-state index contributed by atoms with van der Waals surface area (Å²) in [6.45, 7) is 4.20. The summed E-state index contributed by atoms with van der Waals surface area (Å²) < 4.78 is 32.4. The molecule has 2 bridgehead atoms. The van der Waals surface area contributed by atoms with E-state index in [0.717, 1.165) is 31.5 Å². The Balaban J connectivity index is 1.44. The van der Waals surface area contributed by atoms with E-state index in [2.05, 4.69) is 58.1 Å². The predicted octanol–water partition coefficient (Wildman–Crippen LogP) is 4.48. The van der Waals surface area contributed by atoms with Gasteiger partial charge in [0, 0.05) is 60.9 Å². The number of fused-ring (bicyclic) bond motifs is 3. The van der Waals surface area contributed by atoms with E-state index >= 15 is 0 Å². The maximum atomic E-state index is 11.8. The van der Waals surface area contributed by atoms with Gasteiger partial charge in [-0.3, -0.25) is 9.62 Å². The molecule has 2 aromatic carbocycles. The van der Waals surface area contributed by atoms with Crippen LogP contribution < -0.4 is 4.72 Å². The van der Waals surface area contributed by atoms with E-state index in [4.69, 9.17) is 4.74 Å². The number of methoxy groups -OCH3 is 1. The van der Waals surface area contributed by atoms with Crippen LogP contribution in [0.3, 0.4) is 0 Å². The monoisotopic (exact) mass is 453 g/mol. The minimum Gasteiger partial charge on any atom is -0.373 e. The summed E-state index contributed by atoms with van der Waals surface area (Å²) in [4.78, 5) is 6.01. The highest BCUT2D eigenvalue weighted by Crippen LogP contribution is 2.55. The molecule has 2 N–H and O–H groups in total. The molecule has 3 unspecified atom stereocenters. The zero-order valence-corrected chi connectivity index (χ0v) is 19.7. The summed E-state index contributed by atoms with van der Waals surface area (Å²) in [7, 11) is -1.52. The maximum Gasteiger partial charge on any atom is 0.229 e. The van der Waals surface area contributed by atoms with Gasteiger partial charge >= 0.3 is 0 Å². The number of nitrogens with one attached hydrogen (secondary N) is 2. The quantitative estimate of drug-likeness (QED) is 0.577. The highest BCUT2D eigenvalue weighted by molar-refractivity contribution is 7.92. The Kier molecular flexibility index (Phi) is 5.31. The Hall–Kier alpha value is -2.35. The second kappa shape index (κ2) is 7.90. The van der Waals surface area contributed by atoms with Crippen molar-refractivity contribution in [1.82, 2.24) is 9.88 Å². The second-order valence-electron chi connectivity index (χ2n) is 9.34. The van der Waals surface area contributed by atoms with E-state index in [1.165, 1.54) is 22.7 Å². The zero-order chi connectivity index (χ0) is 22.5. The van der Waals surface area contributed by atoms with Crippen LogP contribution in [0.15, 0.2) is 54.7 Å². The topological polar surface area (TPSA) is 74.4 Å². The fraction of sp³-hybridized carbons (Fsp3) is 0.440. The van der Waals surface area contributed by atoms with Gasteiger partial charge in [0.25, 0.3) is 0 Å². The Morgan fingerprint density at radius 1 is 1.12 bits per heavy atom. The van der Waals surface area contributed by atoms with E-state index in [1.807, 2.05) is 12.1 Å². The molecule has 7 heteroatoms. The largest absolute Gasteiger partial charge is 0.373 e. The van der Waals surface area contributed by atoms with Crippen molar-refractivity contribution < 1.29 is 13.2 Å². The number of aromatic amines is 1. The summed E-state index contributed by atoms with van der Waals surface area (Å²) in [5.74, 6) is 0.708. The molecule has 3 atom stereocenters. The molecule has 0 radical (unpaired) electrons. The van der Waals surface area contributed by atoms with Gasteiger partial charge in [-0.05, 0) is 49.1 Å². The maximum absolute atomic E-state index is 11.8. The average molecular weight is 454 g/mol. The first-order chi connectivity index (χ1) is 15.3. The molecule has 3 aromatic rings. The van der Waals surface area contributed by atoms with Crippen LogP contribution in [0.5, 0.6) is 0 Å². The number of aromatic nitrogens is 1. The molecular formula is C25H31N3O3S. The first kappa shape index (κ1) is 21.5. The van der Waals surface area contributed by atoms with Gasteiger partial charge < -0.3 is 9.72 Å². The number of anilines is 1. The number of hydrogen-bond donors (Lipinski definition) is 2. The third-order valence-corrected chi connectivity index (χ3v) is 8.17. The SMILES string of the molecule is COC1(c2cccc(NS(C)(=O)=O)c2)C2CCC1CN(C(C)c1c[nH]c3ccccc13)C2. The van der Waals surface area contributed by atoms with Gasteiger partial charge in [0.05, 0.1) is 6.26 Å². The van der Waals surface area contributed by atoms with Gasteiger partial charge in [0.15, 0.2) is 0 Å². The zero-order valence-electron chi connectivity index (χ0n) is 18.8. The number of hydrogen-bond acceptors (Lipinski definition) is 4. The van der Waals surface area contributed by atoms with Crippen LogP contribution in [0.4, 0.5) is 5.69 Å². The van der Waals surface area contributed by atoms with Crippen molar-refractivity contribution in [1.29, 1.82) is 0 Å². The Morgan fingerprint density at radius 2 is 1.84 bits per heavy atom. The number of benzene rings is 2. The molecule has 1 saturated heterocycles. The molecule has 5 rings (SSSR count). The number of H-pyrrole nitrogens is 1. The van der Waals surface area contributed by atoms with Crippen LogP contribution >= 0.6 is 0 Å². The lowest BCUT2D eigenvalue weighted by atomic mass is 9.74. The van der Waals surface area contributed by atoms with Crippen molar-refractivity contribution >= 4 is 26.6 Å². The third kappa shape index (κ3) is 3.52. The number of piperidine rings is 1. The predicted molar refractivity (Wildman–Crippen MR) is 128 cm³/mol. The molecule has 2 fully saturated rings. The minimum atomic E-state index is -3.33. The van der Waals surface area contributed by atoms with Crippen molar-refractivity contribution in [2.75, 3.05) is 31.2 Å². The van der Waals surface area contributed by atoms with Gasteiger partial charge in [-0.2, -0.15) is 0 Å². The molecule has 6 nitrogen and oxygen atoms in total. The standard InChI is InChI=1S/C25H31N3O3S/c1-17(23-14-26-24-10-5-4-9-22(23)24)28-15-19-11-12-20(16-28)25(19,31-2)18-7-6-8-21(13-18)27-32(3,29)30/h4-10,13-14,17,19-20,26-27H,11-12,15-16H2,1-3H3. The summed E-state index contributed by atoms with van der Waals surface area (Å²) in [5, 5.41) is 1.29. The Labute approximate surface area is 190 Å². The molecule has 2 heterocycles. The molecule has 170 valence electrons. The van der Waals surface area contributed by atoms with Crippen molar-refractivity contribution in [2.45, 2.75) is 31.4 Å². The number of nitrogens with zero attached hydrogens (tertiary/aromatic N) is 1. The Morgan fingerprint density at radius 3 is 2.53 bits per heavy atom. The van der Waals surface area contributed by atoms with E-state index in [1.54, 1.807) is 13.2 Å². The number of ether oxygens (including phenoxy) is 1. The molecule has 1 aliphatic carbocycles. The number of sulfonamides is 1. The van der Waals surface area contributed by atoms with Crippen molar-refractivity contribution in [3.8, 4) is 0 Å². The molecule has 0 spiro atoms. The average Bonchev–Trinajstić information content (AvgIpc) is 3.27. The van der Waals surface area contributed by atoms with Crippen LogP contribution in [0.25, 0.3) is 10.9 Å². The van der Waals surface area contributed by atoms with E-state index < -0.39 is 10.0 Å². The summed E-state index contributed by atoms with van der Waals surface area (Å²) in [5.41, 5.74) is 3.79. The molecule has 2 aliphatic rings. The highest BCUT2D eigenvalue weighted by Gasteiger charge is 2.56. The van der Waals surface area contributed by atoms with E-state index in [9.17, 15) is 8.42 Å². The highest BCUT2D eigenvalue weighted by atomic mass is 32.2. The lowest BCUT2D eigenvalue weighted by molar-refractivity contribution is -0.124. The molecule has 1 aromatic heterocycles.